The number of benzene rings is 1. The molecule has 0 aliphatic rings. The Hall–Kier alpha value is -0.670. The van der Waals surface area contributed by atoms with Gasteiger partial charge in [-0.1, -0.05) is 0 Å². The van der Waals surface area contributed by atoms with Crippen molar-refractivity contribution in [3.05, 3.63) is 23.8 Å². The molecular formula is C11H16O2S. The molecule has 0 heterocycles. The largest absolute Gasteiger partial charge is 0.496 e. The van der Waals surface area contributed by atoms with E-state index in [2.05, 4.69) is 6.07 Å². The summed E-state index contributed by atoms with van der Waals surface area (Å²) in [7, 11) is 1.65. The van der Waals surface area contributed by atoms with Crippen LogP contribution in [0.5, 0.6) is 5.75 Å². The number of rotatable bonds is 4. The summed E-state index contributed by atoms with van der Waals surface area (Å²) in [6.45, 7) is 1.78. The molecule has 0 saturated heterocycles. The van der Waals surface area contributed by atoms with Gasteiger partial charge >= 0.3 is 0 Å². The fraction of sp³-hybridized carbons (Fsp3) is 0.455. The number of aliphatic hydroxyl groups excluding tert-OH is 1. The molecule has 1 rings (SSSR count). The third-order valence-electron chi connectivity index (χ3n) is 2.00. The quantitative estimate of drug-likeness (QED) is 0.777. The molecule has 0 aliphatic heterocycles. The highest BCUT2D eigenvalue weighted by atomic mass is 32.2. The molecule has 1 aromatic carbocycles. The van der Waals surface area contributed by atoms with Crippen molar-refractivity contribution in [1.29, 1.82) is 0 Å². The van der Waals surface area contributed by atoms with E-state index in [1.165, 1.54) is 4.90 Å². The lowest BCUT2D eigenvalue weighted by Crippen LogP contribution is -2.05. The Morgan fingerprint density at radius 1 is 1.50 bits per heavy atom. The van der Waals surface area contributed by atoms with Crippen LogP contribution in [0.3, 0.4) is 0 Å². The number of hydrogen-bond acceptors (Lipinski definition) is 3. The second-order valence-corrected chi connectivity index (χ2v) is 4.11. The van der Waals surface area contributed by atoms with Crippen LogP contribution >= 0.6 is 11.8 Å². The zero-order chi connectivity index (χ0) is 10.6. The van der Waals surface area contributed by atoms with E-state index in [9.17, 15) is 5.11 Å². The van der Waals surface area contributed by atoms with Crippen molar-refractivity contribution in [1.82, 2.24) is 0 Å². The van der Waals surface area contributed by atoms with Gasteiger partial charge in [-0.25, -0.2) is 0 Å². The van der Waals surface area contributed by atoms with Gasteiger partial charge in [-0.15, -0.1) is 11.8 Å². The van der Waals surface area contributed by atoms with Crippen molar-refractivity contribution in [2.45, 2.75) is 24.3 Å². The normalized spacial score (nSPS) is 12.6. The van der Waals surface area contributed by atoms with Crippen molar-refractivity contribution in [2.75, 3.05) is 13.4 Å². The summed E-state index contributed by atoms with van der Waals surface area (Å²) in [6, 6.07) is 6.04. The van der Waals surface area contributed by atoms with Crippen LogP contribution in [0.15, 0.2) is 23.1 Å². The smallest absolute Gasteiger partial charge is 0.122 e. The highest BCUT2D eigenvalue weighted by molar-refractivity contribution is 7.98. The van der Waals surface area contributed by atoms with Crippen molar-refractivity contribution in [3.8, 4) is 5.75 Å². The summed E-state index contributed by atoms with van der Waals surface area (Å²) in [4.78, 5) is 1.20. The maximum absolute atomic E-state index is 9.33. The monoisotopic (exact) mass is 212 g/mol. The van der Waals surface area contributed by atoms with E-state index in [-0.39, 0.29) is 6.10 Å². The summed E-state index contributed by atoms with van der Waals surface area (Å²) in [5.41, 5.74) is 1.06. The number of thioether (sulfide) groups is 1. The maximum atomic E-state index is 9.33. The first-order chi connectivity index (χ1) is 6.67. The van der Waals surface area contributed by atoms with Crippen LogP contribution in [-0.2, 0) is 6.42 Å². The zero-order valence-electron chi connectivity index (χ0n) is 8.78. The van der Waals surface area contributed by atoms with E-state index in [1.54, 1.807) is 25.8 Å². The Morgan fingerprint density at radius 2 is 2.21 bits per heavy atom. The first-order valence-corrected chi connectivity index (χ1v) is 5.78. The molecule has 0 radical (unpaired) electrons. The fourth-order valence-corrected chi connectivity index (χ4v) is 1.82. The van der Waals surface area contributed by atoms with E-state index in [1.807, 2.05) is 18.4 Å². The lowest BCUT2D eigenvalue weighted by Gasteiger charge is -2.11. The average Bonchev–Trinajstić information content (AvgIpc) is 2.16. The van der Waals surface area contributed by atoms with Crippen LogP contribution in [0.1, 0.15) is 12.5 Å². The van der Waals surface area contributed by atoms with E-state index >= 15 is 0 Å². The van der Waals surface area contributed by atoms with E-state index in [0.29, 0.717) is 6.42 Å². The van der Waals surface area contributed by atoms with Crippen LogP contribution in [0, 0.1) is 0 Å². The minimum Gasteiger partial charge on any atom is -0.496 e. The average molecular weight is 212 g/mol. The Kier molecular flexibility index (Phi) is 4.29. The molecule has 0 fully saturated rings. The fourth-order valence-electron chi connectivity index (χ4n) is 1.36. The number of hydrogen-bond donors (Lipinski definition) is 1. The van der Waals surface area contributed by atoms with Gasteiger partial charge < -0.3 is 9.84 Å². The van der Waals surface area contributed by atoms with Crippen LogP contribution in [0.4, 0.5) is 0 Å². The van der Waals surface area contributed by atoms with E-state index < -0.39 is 0 Å². The zero-order valence-corrected chi connectivity index (χ0v) is 9.60. The minimum atomic E-state index is -0.332. The topological polar surface area (TPSA) is 29.5 Å². The summed E-state index contributed by atoms with van der Waals surface area (Å²) in [5.74, 6) is 0.851. The highest BCUT2D eigenvalue weighted by Gasteiger charge is 2.06. The van der Waals surface area contributed by atoms with Gasteiger partial charge in [-0.2, -0.15) is 0 Å². The minimum absolute atomic E-state index is 0.332. The molecule has 1 unspecified atom stereocenters. The van der Waals surface area contributed by atoms with Crippen molar-refractivity contribution < 1.29 is 9.84 Å². The van der Waals surface area contributed by atoms with Gasteiger partial charge in [0, 0.05) is 11.3 Å². The third-order valence-corrected chi connectivity index (χ3v) is 2.73. The van der Waals surface area contributed by atoms with Crippen LogP contribution in [0.25, 0.3) is 0 Å². The summed E-state index contributed by atoms with van der Waals surface area (Å²) in [5, 5.41) is 9.33. The Balaban J connectivity index is 2.96. The van der Waals surface area contributed by atoms with Crippen molar-refractivity contribution in [3.63, 3.8) is 0 Å². The molecule has 0 saturated carbocycles. The molecule has 0 aromatic heterocycles. The lowest BCUT2D eigenvalue weighted by molar-refractivity contribution is 0.194. The molecular weight excluding hydrogens is 196 g/mol. The molecule has 0 bridgehead atoms. The second kappa shape index (κ2) is 5.27. The predicted molar refractivity (Wildman–Crippen MR) is 60.2 cm³/mol. The molecule has 1 atom stereocenters. The van der Waals surface area contributed by atoms with Gasteiger partial charge in [0.1, 0.15) is 5.75 Å². The Bertz CT molecular complexity index is 297. The Labute approximate surface area is 89.3 Å². The lowest BCUT2D eigenvalue weighted by atomic mass is 10.1. The van der Waals surface area contributed by atoms with Crippen LogP contribution < -0.4 is 4.74 Å². The summed E-state index contributed by atoms with van der Waals surface area (Å²) >= 11 is 1.69. The van der Waals surface area contributed by atoms with Crippen molar-refractivity contribution in [2.24, 2.45) is 0 Å². The molecule has 14 heavy (non-hydrogen) atoms. The number of aliphatic hydroxyl groups is 1. The summed E-state index contributed by atoms with van der Waals surface area (Å²) in [6.07, 6.45) is 2.34. The van der Waals surface area contributed by atoms with Gasteiger partial charge in [0.05, 0.1) is 13.2 Å². The van der Waals surface area contributed by atoms with Crippen LogP contribution in [0.2, 0.25) is 0 Å². The predicted octanol–water partition coefficient (Wildman–Crippen LogP) is 2.34. The molecule has 2 nitrogen and oxygen atoms in total. The molecule has 0 aliphatic carbocycles. The molecule has 78 valence electrons. The molecule has 3 heteroatoms. The summed E-state index contributed by atoms with van der Waals surface area (Å²) < 4.78 is 5.23. The molecule has 1 N–H and O–H groups in total. The maximum Gasteiger partial charge on any atom is 0.122 e. The first-order valence-electron chi connectivity index (χ1n) is 4.56. The third kappa shape index (κ3) is 2.93. The van der Waals surface area contributed by atoms with Gasteiger partial charge in [-0.3, -0.25) is 0 Å². The van der Waals surface area contributed by atoms with Crippen molar-refractivity contribution >= 4 is 11.8 Å². The molecule has 0 amide bonds. The molecule has 1 aromatic rings. The van der Waals surface area contributed by atoms with Gasteiger partial charge in [0.15, 0.2) is 0 Å². The number of ether oxygens (including phenoxy) is 1. The number of methoxy groups -OCH3 is 1. The van der Waals surface area contributed by atoms with E-state index in [4.69, 9.17) is 4.74 Å². The Morgan fingerprint density at radius 3 is 2.71 bits per heavy atom. The van der Waals surface area contributed by atoms with Crippen LogP contribution in [-0.4, -0.2) is 24.6 Å². The van der Waals surface area contributed by atoms with E-state index in [0.717, 1.165) is 11.3 Å². The second-order valence-electron chi connectivity index (χ2n) is 3.23. The molecule has 0 spiro atoms. The first kappa shape index (κ1) is 11.4. The van der Waals surface area contributed by atoms with Gasteiger partial charge in [-0.05, 0) is 36.9 Å². The SMILES string of the molecule is COc1ccc(SC)cc1CC(C)O. The standard InChI is InChI=1S/C11H16O2S/c1-8(12)6-9-7-10(14-3)4-5-11(9)13-2/h4-5,7-8,12H,6H2,1-3H3. The highest BCUT2D eigenvalue weighted by Crippen LogP contribution is 2.25. The van der Waals surface area contributed by atoms with Gasteiger partial charge in [0.2, 0.25) is 0 Å². The van der Waals surface area contributed by atoms with Gasteiger partial charge in [0.25, 0.3) is 0 Å².